The highest BCUT2D eigenvalue weighted by Gasteiger charge is 2.33. The van der Waals surface area contributed by atoms with Crippen LogP contribution in [0.25, 0.3) is 0 Å². The normalized spacial score (nSPS) is 25.8. The molecule has 0 aromatic carbocycles. The Bertz CT molecular complexity index is 389. The maximum Gasteiger partial charge on any atom is 0.0543 e. The molecule has 0 unspecified atom stereocenters. The molecular formula is C14H26N4. The van der Waals surface area contributed by atoms with Crippen molar-refractivity contribution in [1.29, 1.82) is 0 Å². The summed E-state index contributed by atoms with van der Waals surface area (Å²) in [6, 6.07) is 0.593. The van der Waals surface area contributed by atoms with Crippen LogP contribution in [-0.2, 0) is 5.54 Å². The zero-order valence-corrected chi connectivity index (χ0v) is 12.1. The number of aromatic nitrogens is 2. The third-order valence-corrected chi connectivity index (χ3v) is 3.69. The summed E-state index contributed by atoms with van der Waals surface area (Å²) in [4.78, 5) is 2.49. The SMILES string of the molecule is CCCN1CC[C@H](N)[C@H]1c1cnn(C(C)(C)C)c1. The molecule has 1 fully saturated rings. The molecule has 0 aliphatic carbocycles. The molecule has 4 heteroatoms. The van der Waals surface area contributed by atoms with Gasteiger partial charge in [0.1, 0.15) is 0 Å². The highest BCUT2D eigenvalue weighted by atomic mass is 15.3. The van der Waals surface area contributed by atoms with Gasteiger partial charge in [0.2, 0.25) is 0 Å². The van der Waals surface area contributed by atoms with Crippen molar-refractivity contribution in [2.45, 2.75) is 58.2 Å². The standard InChI is InChI=1S/C14H26N4/c1-5-7-17-8-6-12(15)13(17)11-9-16-18(10-11)14(2,3)4/h9-10,12-13H,5-8,15H2,1-4H3/t12-,13+/m0/s1. The van der Waals surface area contributed by atoms with Crippen LogP contribution < -0.4 is 5.73 Å². The van der Waals surface area contributed by atoms with Crippen LogP contribution in [-0.4, -0.2) is 33.8 Å². The van der Waals surface area contributed by atoms with Gasteiger partial charge in [-0.1, -0.05) is 6.92 Å². The van der Waals surface area contributed by atoms with Gasteiger partial charge in [-0.2, -0.15) is 5.10 Å². The minimum atomic E-state index is 0.0382. The average molecular weight is 250 g/mol. The highest BCUT2D eigenvalue weighted by molar-refractivity contribution is 5.16. The minimum absolute atomic E-state index is 0.0382. The minimum Gasteiger partial charge on any atom is -0.326 e. The molecule has 18 heavy (non-hydrogen) atoms. The molecule has 1 aromatic rings. The molecule has 102 valence electrons. The van der Waals surface area contributed by atoms with Crippen LogP contribution in [0, 0.1) is 0 Å². The van der Waals surface area contributed by atoms with Crippen LogP contribution in [0.4, 0.5) is 0 Å². The predicted octanol–water partition coefficient (Wildman–Crippen LogP) is 2.12. The van der Waals surface area contributed by atoms with Crippen molar-refractivity contribution in [3.05, 3.63) is 18.0 Å². The number of hydrogen-bond acceptors (Lipinski definition) is 3. The molecule has 0 saturated carbocycles. The van der Waals surface area contributed by atoms with Gasteiger partial charge in [-0.3, -0.25) is 9.58 Å². The second-order valence-corrected chi connectivity index (χ2v) is 6.32. The van der Waals surface area contributed by atoms with Gasteiger partial charge in [0.05, 0.1) is 17.8 Å². The van der Waals surface area contributed by atoms with Crippen LogP contribution in [0.2, 0.25) is 0 Å². The maximum atomic E-state index is 6.27. The van der Waals surface area contributed by atoms with Crippen molar-refractivity contribution in [3.63, 3.8) is 0 Å². The molecule has 1 aliphatic rings. The van der Waals surface area contributed by atoms with Crippen molar-refractivity contribution >= 4 is 0 Å². The molecule has 0 amide bonds. The number of likely N-dealkylation sites (tertiary alicyclic amines) is 1. The second-order valence-electron chi connectivity index (χ2n) is 6.32. The summed E-state index contributed by atoms with van der Waals surface area (Å²) in [5.41, 5.74) is 7.58. The summed E-state index contributed by atoms with van der Waals surface area (Å²) < 4.78 is 2.04. The Kier molecular flexibility index (Phi) is 3.78. The molecule has 2 N–H and O–H groups in total. The number of nitrogens with zero attached hydrogens (tertiary/aromatic N) is 3. The topological polar surface area (TPSA) is 47.1 Å². The zero-order valence-electron chi connectivity index (χ0n) is 12.1. The predicted molar refractivity (Wildman–Crippen MR) is 74.4 cm³/mol. The molecule has 0 spiro atoms. The Morgan fingerprint density at radius 2 is 2.17 bits per heavy atom. The first kappa shape index (κ1) is 13.6. The van der Waals surface area contributed by atoms with Crippen LogP contribution in [0.5, 0.6) is 0 Å². The van der Waals surface area contributed by atoms with Crippen molar-refractivity contribution < 1.29 is 0 Å². The molecular weight excluding hydrogens is 224 g/mol. The number of hydrogen-bond donors (Lipinski definition) is 1. The van der Waals surface area contributed by atoms with E-state index >= 15 is 0 Å². The Labute approximate surface area is 110 Å². The van der Waals surface area contributed by atoms with Crippen molar-refractivity contribution in [2.24, 2.45) is 5.73 Å². The molecule has 1 aromatic heterocycles. The van der Waals surface area contributed by atoms with Gasteiger partial charge < -0.3 is 5.73 Å². The van der Waals surface area contributed by atoms with Gasteiger partial charge >= 0.3 is 0 Å². The second kappa shape index (κ2) is 5.02. The van der Waals surface area contributed by atoms with Gasteiger partial charge in [-0.25, -0.2) is 0 Å². The Morgan fingerprint density at radius 1 is 1.44 bits per heavy atom. The van der Waals surface area contributed by atoms with E-state index in [1.807, 2.05) is 10.9 Å². The largest absolute Gasteiger partial charge is 0.326 e. The zero-order chi connectivity index (χ0) is 13.3. The monoisotopic (exact) mass is 250 g/mol. The smallest absolute Gasteiger partial charge is 0.0543 e. The molecule has 2 heterocycles. The van der Waals surface area contributed by atoms with E-state index in [2.05, 4.69) is 43.9 Å². The van der Waals surface area contributed by atoms with E-state index in [0.717, 1.165) is 19.5 Å². The van der Waals surface area contributed by atoms with Gasteiger partial charge in [0.25, 0.3) is 0 Å². The number of rotatable bonds is 3. The third kappa shape index (κ3) is 2.59. The molecule has 4 nitrogen and oxygen atoms in total. The fraction of sp³-hybridized carbons (Fsp3) is 0.786. The molecule has 0 radical (unpaired) electrons. The van der Waals surface area contributed by atoms with E-state index in [1.54, 1.807) is 0 Å². The first-order valence-corrected chi connectivity index (χ1v) is 6.98. The maximum absolute atomic E-state index is 6.27. The first-order valence-electron chi connectivity index (χ1n) is 6.98. The summed E-state index contributed by atoms with van der Waals surface area (Å²) in [6.45, 7) is 11.0. The fourth-order valence-electron chi connectivity index (χ4n) is 2.74. The van der Waals surface area contributed by atoms with Crippen LogP contribution in [0.1, 0.15) is 52.1 Å². The molecule has 2 rings (SSSR count). The summed E-state index contributed by atoms with van der Waals surface area (Å²) in [5.74, 6) is 0. The number of nitrogens with two attached hydrogens (primary N) is 1. The van der Waals surface area contributed by atoms with Gasteiger partial charge in [-0.15, -0.1) is 0 Å². The highest BCUT2D eigenvalue weighted by Crippen LogP contribution is 2.31. The van der Waals surface area contributed by atoms with Crippen molar-refractivity contribution in [1.82, 2.24) is 14.7 Å². The lowest BCUT2D eigenvalue weighted by atomic mass is 10.0. The van der Waals surface area contributed by atoms with E-state index in [9.17, 15) is 0 Å². The van der Waals surface area contributed by atoms with Crippen LogP contribution in [0.15, 0.2) is 12.4 Å². The van der Waals surface area contributed by atoms with Crippen molar-refractivity contribution in [2.75, 3.05) is 13.1 Å². The Hall–Kier alpha value is -0.870. The average Bonchev–Trinajstić information content (AvgIpc) is 2.85. The lowest BCUT2D eigenvalue weighted by Gasteiger charge is -2.25. The summed E-state index contributed by atoms with van der Waals surface area (Å²) in [5, 5.41) is 4.50. The van der Waals surface area contributed by atoms with Crippen molar-refractivity contribution in [3.8, 4) is 0 Å². The van der Waals surface area contributed by atoms with Gasteiger partial charge in [0, 0.05) is 24.3 Å². The lowest BCUT2D eigenvalue weighted by Crippen LogP contribution is -2.32. The third-order valence-electron chi connectivity index (χ3n) is 3.69. The van der Waals surface area contributed by atoms with Crippen LogP contribution in [0.3, 0.4) is 0 Å². The molecule has 1 aliphatic heterocycles. The molecule has 1 saturated heterocycles. The van der Waals surface area contributed by atoms with E-state index in [4.69, 9.17) is 5.73 Å². The molecule has 2 atom stereocenters. The summed E-state index contributed by atoms with van der Waals surface area (Å²) in [7, 11) is 0. The summed E-state index contributed by atoms with van der Waals surface area (Å²) in [6.07, 6.45) is 6.42. The molecule has 0 bridgehead atoms. The van der Waals surface area contributed by atoms with E-state index < -0.39 is 0 Å². The van der Waals surface area contributed by atoms with Gasteiger partial charge in [-0.05, 0) is 40.2 Å². The summed E-state index contributed by atoms with van der Waals surface area (Å²) >= 11 is 0. The Morgan fingerprint density at radius 3 is 2.72 bits per heavy atom. The van der Waals surface area contributed by atoms with E-state index in [-0.39, 0.29) is 11.6 Å². The lowest BCUT2D eigenvalue weighted by molar-refractivity contribution is 0.247. The fourth-order valence-corrected chi connectivity index (χ4v) is 2.74. The Balaban J connectivity index is 2.21. The van der Waals surface area contributed by atoms with Gasteiger partial charge in [0.15, 0.2) is 0 Å². The van der Waals surface area contributed by atoms with E-state index in [1.165, 1.54) is 12.0 Å². The quantitative estimate of drug-likeness (QED) is 0.894. The first-order chi connectivity index (χ1) is 8.43. The van der Waals surface area contributed by atoms with Crippen LogP contribution >= 0.6 is 0 Å². The van der Waals surface area contributed by atoms with E-state index in [0.29, 0.717) is 6.04 Å².